The van der Waals surface area contributed by atoms with Gasteiger partial charge in [-0.2, -0.15) is 0 Å². The Morgan fingerprint density at radius 3 is 2.61 bits per heavy atom. The molecular weight excluding hydrogens is 271 g/mol. The molecule has 3 nitrogen and oxygen atoms in total. The molecule has 0 fully saturated rings. The molecule has 1 N–H and O–H groups in total. The van der Waals surface area contributed by atoms with Crippen LogP contribution in [0.3, 0.4) is 0 Å². The Labute approximate surface area is 118 Å². The maximum absolute atomic E-state index is 11.9. The van der Waals surface area contributed by atoms with Crippen molar-refractivity contribution in [1.29, 1.82) is 0 Å². The van der Waals surface area contributed by atoms with Crippen molar-refractivity contribution >= 4 is 34.9 Å². The Morgan fingerprint density at radius 1 is 1.39 bits per heavy atom. The summed E-state index contributed by atoms with van der Waals surface area (Å²) in [5, 5.41) is 3.69. The van der Waals surface area contributed by atoms with E-state index in [9.17, 15) is 4.79 Å². The van der Waals surface area contributed by atoms with Gasteiger partial charge in [-0.15, -0.1) is 0 Å². The molecular formula is C13H18Cl2N2O. The van der Waals surface area contributed by atoms with Crippen LogP contribution in [0, 0.1) is 5.92 Å². The molecule has 0 aliphatic heterocycles. The second kappa shape index (κ2) is 6.86. The highest BCUT2D eigenvalue weighted by atomic mass is 35.5. The Bertz CT molecular complexity index is 423. The SMILES string of the molecule is CCC(C)CN(C)C(=O)Nc1ccc(Cl)c(Cl)c1. The lowest BCUT2D eigenvalue weighted by molar-refractivity contribution is 0.215. The summed E-state index contributed by atoms with van der Waals surface area (Å²) >= 11 is 11.7. The van der Waals surface area contributed by atoms with Gasteiger partial charge in [0, 0.05) is 19.3 Å². The second-order valence-electron chi connectivity index (χ2n) is 4.45. The predicted octanol–water partition coefficient (Wildman–Crippen LogP) is 4.50. The number of hydrogen-bond acceptors (Lipinski definition) is 1. The average Bonchev–Trinajstić information content (AvgIpc) is 2.33. The lowest BCUT2D eigenvalue weighted by atomic mass is 10.1. The van der Waals surface area contributed by atoms with E-state index >= 15 is 0 Å². The summed E-state index contributed by atoms with van der Waals surface area (Å²) in [6, 6.07) is 4.88. The van der Waals surface area contributed by atoms with Gasteiger partial charge in [-0.3, -0.25) is 0 Å². The first kappa shape index (κ1) is 15.1. The van der Waals surface area contributed by atoms with Crippen LogP contribution in [0.5, 0.6) is 0 Å². The van der Waals surface area contributed by atoms with Crippen LogP contribution in [0.25, 0.3) is 0 Å². The Kier molecular flexibility index (Phi) is 5.76. The van der Waals surface area contributed by atoms with E-state index in [0.717, 1.165) is 13.0 Å². The number of hydrogen-bond donors (Lipinski definition) is 1. The molecule has 18 heavy (non-hydrogen) atoms. The normalized spacial score (nSPS) is 12.1. The number of benzene rings is 1. The zero-order valence-corrected chi connectivity index (χ0v) is 12.3. The fourth-order valence-electron chi connectivity index (χ4n) is 1.47. The van der Waals surface area contributed by atoms with Crippen molar-refractivity contribution in [2.45, 2.75) is 20.3 Å². The van der Waals surface area contributed by atoms with Crippen LogP contribution in [-0.4, -0.2) is 24.5 Å². The van der Waals surface area contributed by atoms with E-state index in [-0.39, 0.29) is 6.03 Å². The number of urea groups is 1. The largest absolute Gasteiger partial charge is 0.327 e. The van der Waals surface area contributed by atoms with Gasteiger partial charge in [0.15, 0.2) is 0 Å². The van der Waals surface area contributed by atoms with Gasteiger partial charge in [-0.05, 0) is 24.1 Å². The number of halogens is 2. The molecule has 0 saturated carbocycles. The molecule has 0 aliphatic carbocycles. The summed E-state index contributed by atoms with van der Waals surface area (Å²) in [7, 11) is 1.78. The van der Waals surface area contributed by atoms with Crippen LogP contribution < -0.4 is 5.32 Å². The first-order valence-corrected chi connectivity index (χ1v) is 6.66. The lowest BCUT2D eigenvalue weighted by Gasteiger charge is -2.21. The zero-order chi connectivity index (χ0) is 13.7. The van der Waals surface area contributed by atoms with Crippen molar-refractivity contribution in [1.82, 2.24) is 4.90 Å². The highest BCUT2D eigenvalue weighted by Crippen LogP contribution is 2.25. The van der Waals surface area contributed by atoms with Crippen LogP contribution in [0.2, 0.25) is 10.0 Å². The lowest BCUT2D eigenvalue weighted by Crippen LogP contribution is -2.34. The number of rotatable bonds is 4. The summed E-state index contributed by atoms with van der Waals surface area (Å²) in [5.41, 5.74) is 0.644. The van der Waals surface area contributed by atoms with Gasteiger partial charge < -0.3 is 10.2 Å². The topological polar surface area (TPSA) is 32.3 Å². The van der Waals surface area contributed by atoms with Gasteiger partial charge in [-0.25, -0.2) is 4.79 Å². The molecule has 1 rings (SSSR count). The molecule has 0 heterocycles. The Hall–Kier alpha value is -0.930. The van der Waals surface area contributed by atoms with Crippen LogP contribution in [0.4, 0.5) is 10.5 Å². The number of carbonyl (C=O) groups excluding carboxylic acids is 1. The smallest absolute Gasteiger partial charge is 0.321 e. The van der Waals surface area contributed by atoms with E-state index < -0.39 is 0 Å². The standard InChI is InChI=1S/C13H18Cl2N2O/c1-4-9(2)8-17(3)13(18)16-10-5-6-11(14)12(15)7-10/h5-7,9H,4,8H2,1-3H3,(H,16,18). The minimum atomic E-state index is -0.145. The number of nitrogens with one attached hydrogen (secondary N) is 1. The molecule has 0 aromatic heterocycles. The number of anilines is 1. The van der Waals surface area contributed by atoms with E-state index in [1.165, 1.54) is 0 Å². The molecule has 100 valence electrons. The van der Waals surface area contributed by atoms with E-state index in [1.807, 2.05) is 0 Å². The van der Waals surface area contributed by atoms with Crippen LogP contribution >= 0.6 is 23.2 Å². The van der Waals surface area contributed by atoms with Crippen molar-refractivity contribution in [3.63, 3.8) is 0 Å². The molecule has 0 radical (unpaired) electrons. The molecule has 1 aromatic rings. The first-order valence-electron chi connectivity index (χ1n) is 5.91. The maximum atomic E-state index is 11.9. The minimum absolute atomic E-state index is 0.145. The summed E-state index contributed by atoms with van der Waals surface area (Å²) in [4.78, 5) is 13.6. The third kappa shape index (κ3) is 4.39. The molecule has 5 heteroatoms. The van der Waals surface area contributed by atoms with Crippen molar-refractivity contribution in [2.24, 2.45) is 5.92 Å². The quantitative estimate of drug-likeness (QED) is 0.869. The van der Waals surface area contributed by atoms with Crippen molar-refractivity contribution in [3.05, 3.63) is 28.2 Å². The van der Waals surface area contributed by atoms with Crippen molar-refractivity contribution in [2.75, 3.05) is 18.9 Å². The van der Waals surface area contributed by atoms with Crippen molar-refractivity contribution in [3.8, 4) is 0 Å². The fourth-order valence-corrected chi connectivity index (χ4v) is 1.77. The van der Waals surface area contributed by atoms with Gasteiger partial charge >= 0.3 is 6.03 Å². The molecule has 0 saturated heterocycles. The maximum Gasteiger partial charge on any atom is 0.321 e. The molecule has 1 atom stereocenters. The van der Waals surface area contributed by atoms with Crippen LogP contribution in [-0.2, 0) is 0 Å². The van der Waals surface area contributed by atoms with E-state index in [2.05, 4.69) is 19.2 Å². The van der Waals surface area contributed by atoms with Gasteiger partial charge in [0.05, 0.1) is 10.0 Å². The van der Waals surface area contributed by atoms with Gasteiger partial charge in [0.2, 0.25) is 0 Å². The third-order valence-electron chi connectivity index (χ3n) is 2.80. The highest BCUT2D eigenvalue weighted by Gasteiger charge is 2.12. The van der Waals surface area contributed by atoms with Gasteiger partial charge in [0.25, 0.3) is 0 Å². The Morgan fingerprint density at radius 2 is 2.06 bits per heavy atom. The molecule has 0 aliphatic rings. The van der Waals surface area contributed by atoms with Crippen LogP contribution in [0.15, 0.2) is 18.2 Å². The molecule has 0 spiro atoms. The predicted molar refractivity (Wildman–Crippen MR) is 77.6 cm³/mol. The van der Waals surface area contributed by atoms with Crippen molar-refractivity contribution < 1.29 is 4.79 Å². The second-order valence-corrected chi connectivity index (χ2v) is 5.27. The summed E-state index contributed by atoms with van der Waals surface area (Å²) in [5.74, 6) is 0.481. The first-order chi connectivity index (χ1) is 8.43. The summed E-state index contributed by atoms with van der Waals surface area (Å²) in [6.45, 7) is 4.95. The molecule has 2 amide bonds. The number of nitrogens with zero attached hydrogens (tertiary/aromatic N) is 1. The summed E-state index contributed by atoms with van der Waals surface area (Å²) < 4.78 is 0. The monoisotopic (exact) mass is 288 g/mol. The van der Waals surface area contributed by atoms with E-state index in [4.69, 9.17) is 23.2 Å². The van der Waals surface area contributed by atoms with Gasteiger partial charge in [-0.1, -0.05) is 43.5 Å². The van der Waals surface area contributed by atoms with E-state index in [1.54, 1.807) is 30.1 Å². The fraction of sp³-hybridized carbons (Fsp3) is 0.462. The molecule has 0 bridgehead atoms. The zero-order valence-electron chi connectivity index (χ0n) is 10.8. The highest BCUT2D eigenvalue weighted by molar-refractivity contribution is 6.42. The number of amides is 2. The van der Waals surface area contributed by atoms with Gasteiger partial charge in [0.1, 0.15) is 0 Å². The third-order valence-corrected chi connectivity index (χ3v) is 3.54. The molecule has 1 aromatic carbocycles. The number of carbonyl (C=O) groups is 1. The molecule has 1 unspecified atom stereocenters. The van der Waals surface area contributed by atoms with E-state index in [0.29, 0.717) is 21.7 Å². The average molecular weight is 289 g/mol. The van der Waals surface area contributed by atoms with Crippen LogP contribution in [0.1, 0.15) is 20.3 Å². The Balaban J connectivity index is 2.61. The minimum Gasteiger partial charge on any atom is -0.327 e. The summed E-state index contributed by atoms with van der Waals surface area (Å²) in [6.07, 6.45) is 1.05.